The SMILES string of the molecule is OC(c1sccc1-c1ccccc1)C(F)(F)F. The van der Waals surface area contributed by atoms with E-state index in [-0.39, 0.29) is 4.88 Å². The maximum atomic E-state index is 12.5. The van der Waals surface area contributed by atoms with Gasteiger partial charge in [-0.25, -0.2) is 0 Å². The lowest BCUT2D eigenvalue weighted by Gasteiger charge is -2.14. The quantitative estimate of drug-likeness (QED) is 0.862. The van der Waals surface area contributed by atoms with Gasteiger partial charge in [-0.05, 0) is 22.6 Å². The smallest absolute Gasteiger partial charge is 0.379 e. The highest BCUT2D eigenvalue weighted by Gasteiger charge is 2.41. The Hall–Kier alpha value is -1.33. The van der Waals surface area contributed by atoms with Crippen LogP contribution in [-0.2, 0) is 0 Å². The normalized spacial score (nSPS) is 13.6. The lowest BCUT2D eigenvalue weighted by atomic mass is 10.0. The molecule has 0 radical (unpaired) electrons. The number of aliphatic hydroxyl groups is 1. The third-order valence-corrected chi connectivity index (χ3v) is 3.31. The van der Waals surface area contributed by atoms with E-state index in [9.17, 15) is 18.3 Å². The van der Waals surface area contributed by atoms with Crippen LogP contribution in [0.2, 0.25) is 0 Å². The van der Waals surface area contributed by atoms with Crippen LogP contribution in [0.25, 0.3) is 11.1 Å². The van der Waals surface area contributed by atoms with Crippen LogP contribution in [-0.4, -0.2) is 11.3 Å². The Bertz CT molecular complexity index is 490. The maximum Gasteiger partial charge on any atom is 0.419 e. The summed E-state index contributed by atoms with van der Waals surface area (Å²) in [7, 11) is 0. The average molecular weight is 258 g/mol. The second kappa shape index (κ2) is 4.50. The molecule has 1 atom stereocenters. The Morgan fingerprint density at radius 1 is 1.06 bits per heavy atom. The number of alkyl halides is 3. The van der Waals surface area contributed by atoms with Crippen molar-refractivity contribution < 1.29 is 18.3 Å². The van der Waals surface area contributed by atoms with Crippen molar-refractivity contribution in [2.24, 2.45) is 0 Å². The zero-order valence-corrected chi connectivity index (χ0v) is 9.42. The Morgan fingerprint density at radius 2 is 1.71 bits per heavy atom. The topological polar surface area (TPSA) is 20.2 Å². The Balaban J connectivity index is 2.43. The first-order chi connectivity index (χ1) is 8.00. The highest BCUT2D eigenvalue weighted by atomic mass is 32.1. The summed E-state index contributed by atoms with van der Waals surface area (Å²) in [6.45, 7) is 0. The predicted octanol–water partition coefficient (Wildman–Crippen LogP) is 4.01. The molecule has 0 aliphatic carbocycles. The Kier molecular flexibility index (Phi) is 3.22. The van der Waals surface area contributed by atoms with Crippen LogP contribution < -0.4 is 0 Å². The van der Waals surface area contributed by atoms with Crippen molar-refractivity contribution in [3.63, 3.8) is 0 Å². The molecule has 1 heterocycles. The second-order valence-electron chi connectivity index (χ2n) is 3.51. The fourth-order valence-corrected chi connectivity index (χ4v) is 2.46. The van der Waals surface area contributed by atoms with Gasteiger partial charge in [-0.15, -0.1) is 11.3 Å². The molecule has 5 heteroatoms. The van der Waals surface area contributed by atoms with Gasteiger partial charge < -0.3 is 5.11 Å². The van der Waals surface area contributed by atoms with E-state index in [1.54, 1.807) is 41.8 Å². The van der Waals surface area contributed by atoms with Crippen LogP contribution >= 0.6 is 11.3 Å². The van der Waals surface area contributed by atoms with E-state index in [4.69, 9.17) is 0 Å². The van der Waals surface area contributed by atoms with Gasteiger partial charge in [0.05, 0.1) is 4.88 Å². The van der Waals surface area contributed by atoms with Crippen molar-refractivity contribution in [2.75, 3.05) is 0 Å². The lowest BCUT2D eigenvalue weighted by Crippen LogP contribution is -2.19. The first kappa shape index (κ1) is 12.1. The van der Waals surface area contributed by atoms with Crippen molar-refractivity contribution in [2.45, 2.75) is 12.3 Å². The van der Waals surface area contributed by atoms with Crippen molar-refractivity contribution in [1.29, 1.82) is 0 Å². The van der Waals surface area contributed by atoms with Crippen molar-refractivity contribution in [3.8, 4) is 11.1 Å². The molecule has 17 heavy (non-hydrogen) atoms. The molecule has 90 valence electrons. The third-order valence-electron chi connectivity index (χ3n) is 2.34. The molecule has 0 aliphatic heterocycles. The second-order valence-corrected chi connectivity index (χ2v) is 4.46. The molecule has 0 spiro atoms. The standard InChI is InChI=1S/C12H9F3OS/c13-12(14,15)11(16)10-9(6-7-17-10)8-4-2-1-3-5-8/h1-7,11,16H. The molecular weight excluding hydrogens is 249 g/mol. The van der Waals surface area contributed by atoms with E-state index >= 15 is 0 Å². The molecular formula is C12H9F3OS. The van der Waals surface area contributed by atoms with E-state index in [2.05, 4.69) is 0 Å². The molecule has 1 aromatic carbocycles. The molecule has 2 aromatic rings. The Morgan fingerprint density at radius 3 is 2.29 bits per heavy atom. The van der Waals surface area contributed by atoms with Crippen LogP contribution in [0.4, 0.5) is 13.2 Å². The molecule has 1 nitrogen and oxygen atoms in total. The van der Waals surface area contributed by atoms with E-state index in [1.165, 1.54) is 0 Å². The highest BCUT2D eigenvalue weighted by Crippen LogP contribution is 2.40. The summed E-state index contributed by atoms with van der Waals surface area (Å²) in [6.07, 6.45) is -7.05. The zero-order valence-electron chi connectivity index (χ0n) is 8.61. The molecule has 0 saturated heterocycles. The van der Waals surface area contributed by atoms with Gasteiger partial charge in [0.15, 0.2) is 6.10 Å². The average Bonchev–Trinajstić information content (AvgIpc) is 2.76. The van der Waals surface area contributed by atoms with Crippen molar-refractivity contribution in [1.82, 2.24) is 0 Å². The molecule has 1 aromatic heterocycles. The molecule has 0 fully saturated rings. The van der Waals surface area contributed by atoms with Gasteiger partial charge >= 0.3 is 6.18 Å². The summed E-state index contributed by atoms with van der Waals surface area (Å²) in [5.74, 6) is 0. The molecule has 0 saturated carbocycles. The van der Waals surface area contributed by atoms with Gasteiger partial charge in [-0.2, -0.15) is 13.2 Å². The van der Waals surface area contributed by atoms with E-state index in [0.717, 1.165) is 11.3 Å². The molecule has 0 bridgehead atoms. The van der Waals surface area contributed by atoms with E-state index in [0.29, 0.717) is 11.1 Å². The number of hydrogen-bond donors (Lipinski definition) is 1. The van der Waals surface area contributed by atoms with Gasteiger partial charge in [-0.1, -0.05) is 30.3 Å². The molecule has 0 amide bonds. The largest absolute Gasteiger partial charge is 0.419 e. The van der Waals surface area contributed by atoms with Crippen LogP contribution in [0.3, 0.4) is 0 Å². The number of rotatable bonds is 2. The van der Waals surface area contributed by atoms with Crippen molar-refractivity contribution in [3.05, 3.63) is 46.7 Å². The summed E-state index contributed by atoms with van der Waals surface area (Å²) in [5.41, 5.74) is 1.10. The number of benzene rings is 1. The molecule has 0 aliphatic rings. The van der Waals surface area contributed by atoms with Gasteiger partial charge in [-0.3, -0.25) is 0 Å². The van der Waals surface area contributed by atoms with Crippen LogP contribution in [0.15, 0.2) is 41.8 Å². The zero-order chi connectivity index (χ0) is 12.5. The minimum Gasteiger partial charge on any atom is -0.379 e. The fourth-order valence-electron chi connectivity index (χ4n) is 1.54. The Labute approximate surface area is 100 Å². The monoisotopic (exact) mass is 258 g/mol. The predicted molar refractivity (Wildman–Crippen MR) is 60.8 cm³/mol. The number of thiophene rings is 1. The number of aliphatic hydroxyl groups excluding tert-OH is 1. The first-order valence-corrected chi connectivity index (χ1v) is 5.75. The maximum absolute atomic E-state index is 12.5. The van der Waals surface area contributed by atoms with Crippen LogP contribution in [0.5, 0.6) is 0 Å². The minimum absolute atomic E-state index is 0.0660. The van der Waals surface area contributed by atoms with Crippen molar-refractivity contribution >= 4 is 11.3 Å². The van der Waals surface area contributed by atoms with Gasteiger partial charge in [0.2, 0.25) is 0 Å². The third kappa shape index (κ3) is 2.50. The first-order valence-electron chi connectivity index (χ1n) is 4.88. The highest BCUT2D eigenvalue weighted by molar-refractivity contribution is 7.10. The summed E-state index contributed by atoms with van der Waals surface area (Å²) >= 11 is 0.909. The summed E-state index contributed by atoms with van der Waals surface area (Å²) in [6, 6.07) is 10.3. The van der Waals surface area contributed by atoms with E-state index in [1.807, 2.05) is 0 Å². The molecule has 2 rings (SSSR count). The van der Waals surface area contributed by atoms with Crippen LogP contribution in [0.1, 0.15) is 11.0 Å². The number of halogens is 3. The van der Waals surface area contributed by atoms with Crippen LogP contribution in [0, 0.1) is 0 Å². The van der Waals surface area contributed by atoms with Gasteiger partial charge in [0.25, 0.3) is 0 Å². The molecule has 1 N–H and O–H groups in total. The minimum atomic E-state index is -4.63. The van der Waals surface area contributed by atoms with E-state index < -0.39 is 12.3 Å². The lowest BCUT2D eigenvalue weighted by molar-refractivity contribution is -0.205. The number of hydrogen-bond acceptors (Lipinski definition) is 2. The summed E-state index contributed by atoms with van der Waals surface area (Å²) in [4.78, 5) is -0.0660. The van der Waals surface area contributed by atoms with Gasteiger partial charge in [0.1, 0.15) is 0 Å². The van der Waals surface area contributed by atoms with Gasteiger partial charge in [0, 0.05) is 0 Å². The fraction of sp³-hybridized carbons (Fsp3) is 0.167. The molecule has 1 unspecified atom stereocenters. The summed E-state index contributed by atoms with van der Waals surface area (Å²) in [5, 5.41) is 10.8. The summed E-state index contributed by atoms with van der Waals surface area (Å²) < 4.78 is 37.4.